The van der Waals surface area contributed by atoms with E-state index in [0.29, 0.717) is 17.8 Å². The minimum atomic E-state index is -3.83. The normalized spacial score (nSPS) is 26.0. The summed E-state index contributed by atoms with van der Waals surface area (Å²) in [5.74, 6) is -0.234. The maximum atomic E-state index is 13.9. The van der Waals surface area contributed by atoms with Gasteiger partial charge in [-0.25, -0.2) is 12.8 Å². The zero-order valence-electron chi connectivity index (χ0n) is 22.0. The molecule has 202 valence electrons. The van der Waals surface area contributed by atoms with Crippen LogP contribution in [0, 0.1) is 23.1 Å². The predicted octanol–water partition coefficient (Wildman–Crippen LogP) is 4.59. The average molecular weight is 540 g/mol. The van der Waals surface area contributed by atoms with Crippen LogP contribution in [-0.2, 0) is 26.0 Å². The monoisotopic (exact) mass is 539 g/mol. The molecule has 0 saturated heterocycles. The fourth-order valence-electron chi connectivity index (χ4n) is 7.15. The summed E-state index contributed by atoms with van der Waals surface area (Å²) in [5, 5.41) is 0. The van der Waals surface area contributed by atoms with Gasteiger partial charge in [0.1, 0.15) is 5.82 Å². The maximum Gasteiger partial charge on any atom is 0.235 e. The number of fused-ring (bicyclic) bond motifs is 5. The summed E-state index contributed by atoms with van der Waals surface area (Å²) in [6.07, 6.45) is 10.2. The Bertz CT molecular complexity index is 1420. The number of amides is 2. The van der Waals surface area contributed by atoms with Crippen molar-refractivity contribution in [2.24, 2.45) is 17.3 Å². The molecule has 3 aliphatic rings. The second kappa shape index (κ2) is 9.91. The van der Waals surface area contributed by atoms with Gasteiger partial charge in [0.2, 0.25) is 21.8 Å². The van der Waals surface area contributed by atoms with Gasteiger partial charge in [-0.2, -0.15) is 0 Å². The van der Waals surface area contributed by atoms with Gasteiger partial charge < -0.3 is 4.90 Å². The molecule has 7 nitrogen and oxygen atoms in total. The number of anilines is 1. The van der Waals surface area contributed by atoms with Gasteiger partial charge >= 0.3 is 0 Å². The molecule has 1 aromatic heterocycles. The van der Waals surface area contributed by atoms with E-state index in [1.807, 2.05) is 10.8 Å². The van der Waals surface area contributed by atoms with E-state index in [1.165, 1.54) is 27.8 Å². The van der Waals surface area contributed by atoms with Crippen molar-refractivity contribution in [3.63, 3.8) is 0 Å². The van der Waals surface area contributed by atoms with E-state index in [4.69, 9.17) is 0 Å². The lowest BCUT2D eigenvalue weighted by Gasteiger charge is -2.50. The Morgan fingerprint density at radius 2 is 2.00 bits per heavy atom. The lowest BCUT2D eigenvalue weighted by Crippen LogP contribution is -2.41. The number of nitrogens with zero attached hydrogens (tertiary/aromatic N) is 2. The summed E-state index contributed by atoms with van der Waals surface area (Å²) >= 11 is 0. The quantitative estimate of drug-likeness (QED) is 0.579. The highest BCUT2D eigenvalue weighted by molar-refractivity contribution is 7.90. The Kier molecular flexibility index (Phi) is 6.92. The van der Waals surface area contributed by atoms with Crippen molar-refractivity contribution in [2.45, 2.75) is 58.3 Å². The molecule has 2 aromatic rings. The molecule has 0 unspecified atom stereocenters. The lowest BCUT2D eigenvalue weighted by atomic mass is 9.54. The number of halogens is 1. The van der Waals surface area contributed by atoms with Crippen molar-refractivity contribution in [2.75, 3.05) is 17.7 Å². The van der Waals surface area contributed by atoms with Crippen molar-refractivity contribution in [1.82, 2.24) is 9.71 Å². The molecule has 38 heavy (non-hydrogen) atoms. The van der Waals surface area contributed by atoms with Gasteiger partial charge in [-0.1, -0.05) is 19.1 Å². The third-order valence-electron chi connectivity index (χ3n) is 8.95. The second-order valence-corrected chi connectivity index (χ2v) is 13.0. The van der Waals surface area contributed by atoms with E-state index < -0.39 is 21.7 Å². The van der Waals surface area contributed by atoms with Gasteiger partial charge in [0.05, 0.1) is 11.9 Å². The van der Waals surface area contributed by atoms with Crippen LogP contribution in [0.15, 0.2) is 42.7 Å². The van der Waals surface area contributed by atoms with Crippen molar-refractivity contribution >= 4 is 33.1 Å². The van der Waals surface area contributed by atoms with Gasteiger partial charge in [0.25, 0.3) is 0 Å². The summed E-state index contributed by atoms with van der Waals surface area (Å²) in [6, 6.07) is 7.76. The molecule has 0 aliphatic heterocycles. The fourth-order valence-corrected chi connectivity index (χ4v) is 8.14. The number of aromatic nitrogens is 1. The molecule has 5 rings (SSSR count). The van der Waals surface area contributed by atoms with Gasteiger partial charge in [-0.15, -0.1) is 0 Å². The van der Waals surface area contributed by atoms with Crippen molar-refractivity contribution in [1.29, 1.82) is 0 Å². The molecule has 3 aliphatic carbocycles. The van der Waals surface area contributed by atoms with E-state index in [-0.39, 0.29) is 23.6 Å². The number of carbonyl (C=O) groups excluding carboxylic acids is 2. The first kappa shape index (κ1) is 26.5. The Morgan fingerprint density at radius 1 is 1.21 bits per heavy atom. The van der Waals surface area contributed by atoms with Crippen molar-refractivity contribution in [3.8, 4) is 0 Å². The van der Waals surface area contributed by atoms with Gasteiger partial charge in [0.15, 0.2) is 0 Å². The molecule has 1 fully saturated rings. The first-order valence-electron chi connectivity index (χ1n) is 13.2. The highest BCUT2D eigenvalue weighted by Crippen LogP contribution is 2.63. The Hall–Kier alpha value is -3.07. The predicted molar refractivity (Wildman–Crippen MR) is 144 cm³/mol. The van der Waals surface area contributed by atoms with Crippen LogP contribution in [0.1, 0.15) is 68.6 Å². The summed E-state index contributed by atoms with van der Waals surface area (Å²) in [7, 11) is -2.18. The van der Waals surface area contributed by atoms with Crippen LogP contribution in [0.3, 0.4) is 0 Å². The highest BCUT2D eigenvalue weighted by atomic mass is 32.2. The van der Waals surface area contributed by atoms with Crippen LogP contribution in [0.5, 0.6) is 0 Å². The van der Waals surface area contributed by atoms with E-state index in [9.17, 15) is 22.4 Å². The molecular weight excluding hydrogens is 505 g/mol. The van der Waals surface area contributed by atoms with E-state index in [0.717, 1.165) is 50.3 Å². The zero-order valence-corrected chi connectivity index (χ0v) is 22.9. The van der Waals surface area contributed by atoms with Crippen LogP contribution < -0.4 is 9.62 Å². The number of nitrogens with one attached hydrogen (secondary N) is 1. The maximum absolute atomic E-state index is 13.9. The zero-order chi connectivity index (χ0) is 27.2. The standard InChI is InChI=1S/C29H34FN3O4S/c1-18(34)32-38(36,37)13-11-28(35)33(3)22-5-7-23-19(15-22)4-6-25-24(23)10-12-29(2)26(8-9-27(25)29)20-14-21(30)17-31-16-20/h5,7-8,14-17,24-25,27H,4,6,9-13H2,1-3H3,(H,32,34)/t24-,25-,27+,29-/m1/s1. The molecular formula is C29H34FN3O4S. The minimum absolute atomic E-state index is 0.0122. The number of hydrogen-bond donors (Lipinski definition) is 1. The number of pyridine rings is 1. The molecule has 2 amide bonds. The van der Waals surface area contributed by atoms with Crippen LogP contribution in [0.4, 0.5) is 10.1 Å². The smallest absolute Gasteiger partial charge is 0.235 e. The Labute approximate surface area is 223 Å². The van der Waals surface area contributed by atoms with Gasteiger partial charge in [0, 0.05) is 32.3 Å². The number of aryl methyl sites for hydroxylation is 1. The SMILES string of the molecule is CC(=O)NS(=O)(=O)CCC(=O)N(C)c1ccc2c(c1)CC[C@@H]1[C@@H]2CC[C@]2(C)C(c3cncc(F)c3)=CC[C@@H]12. The van der Waals surface area contributed by atoms with Crippen LogP contribution in [0.2, 0.25) is 0 Å². The average Bonchev–Trinajstić information content (AvgIpc) is 3.23. The van der Waals surface area contributed by atoms with Crippen LogP contribution in [0.25, 0.3) is 5.57 Å². The number of benzene rings is 1. The largest absolute Gasteiger partial charge is 0.315 e. The third-order valence-corrected chi connectivity index (χ3v) is 10.3. The number of allylic oxidation sites excluding steroid dienone is 2. The molecule has 1 aromatic carbocycles. The van der Waals surface area contributed by atoms with E-state index in [1.54, 1.807) is 19.3 Å². The molecule has 1 heterocycles. The number of rotatable bonds is 6. The fraction of sp³-hybridized carbons (Fsp3) is 0.483. The molecule has 0 radical (unpaired) electrons. The topological polar surface area (TPSA) is 96.4 Å². The number of sulfonamides is 1. The Morgan fingerprint density at radius 3 is 2.74 bits per heavy atom. The summed E-state index contributed by atoms with van der Waals surface area (Å²) in [6.45, 7) is 3.46. The minimum Gasteiger partial charge on any atom is -0.315 e. The van der Waals surface area contributed by atoms with Crippen LogP contribution in [-0.4, -0.2) is 38.0 Å². The third kappa shape index (κ3) is 4.88. The second-order valence-electron chi connectivity index (χ2n) is 11.2. The first-order valence-corrected chi connectivity index (χ1v) is 14.9. The molecule has 1 saturated carbocycles. The molecule has 1 N–H and O–H groups in total. The molecule has 4 atom stereocenters. The molecule has 0 bridgehead atoms. The highest BCUT2D eigenvalue weighted by Gasteiger charge is 2.52. The Balaban J connectivity index is 1.30. The lowest BCUT2D eigenvalue weighted by molar-refractivity contribution is -0.118. The number of hydrogen-bond acceptors (Lipinski definition) is 5. The summed E-state index contributed by atoms with van der Waals surface area (Å²) < 4.78 is 39.7. The van der Waals surface area contributed by atoms with E-state index in [2.05, 4.69) is 30.1 Å². The van der Waals surface area contributed by atoms with Gasteiger partial charge in [-0.3, -0.25) is 19.3 Å². The summed E-state index contributed by atoms with van der Waals surface area (Å²) in [4.78, 5) is 29.4. The van der Waals surface area contributed by atoms with E-state index >= 15 is 0 Å². The van der Waals surface area contributed by atoms with Gasteiger partial charge in [-0.05, 0) is 95.7 Å². The molecule has 0 spiro atoms. The first-order chi connectivity index (χ1) is 18.0. The number of carbonyl (C=O) groups is 2. The molecule has 9 heteroatoms. The van der Waals surface area contributed by atoms with Crippen LogP contribution >= 0.6 is 0 Å². The van der Waals surface area contributed by atoms with Crippen molar-refractivity contribution < 1.29 is 22.4 Å². The van der Waals surface area contributed by atoms with Crippen molar-refractivity contribution in [3.05, 3.63) is 65.2 Å². The summed E-state index contributed by atoms with van der Waals surface area (Å²) in [5.41, 5.74) is 5.48.